The molecule has 0 fully saturated rings. The number of guanidine groups is 1. The summed E-state index contributed by atoms with van der Waals surface area (Å²) in [5, 5.41) is 2.50. The molecule has 8 heteroatoms. The molecule has 24 heavy (non-hydrogen) atoms. The molecule has 0 bridgehead atoms. The smallest absolute Gasteiger partial charge is 0.437 e. The van der Waals surface area contributed by atoms with Crippen molar-refractivity contribution in [3.05, 3.63) is 0 Å². The summed E-state index contributed by atoms with van der Waals surface area (Å²) in [4.78, 5) is 29.4. The molecule has 0 rings (SSSR count). The van der Waals surface area contributed by atoms with Gasteiger partial charge in [-0.15, -0.1) is 4.99 Å². The number of hydrogen-bond acceptors (Lipinski definition) is 5. The standard InChI is InChI=1S/C16H32N4O4/c1-15(2,3)23-13(21)18-12(20(7)11-9-8-10-17)19-14(22)24-16(4,5)6/h8-11,17H2,1-7H3,(H,18,19,21,22). The first-order valence-electron chi connectivity index (χ1n) is 8.07. The number of ether oxygens (including phenoxy) is 2. The lowest BCUT2D eigenvalue weighted by Crippen LogP contribution is -2.45. The van der Waals surface area contributed by atoms with E-state index < -0.39 is 23.4 Å². The molecule has 0 radical (unpaired) electrons. The Balaban J connectivity index is 5.07. The van der Waals surface area contributed by atoms with Gasteiger partial charge in [0.15, 0.2) is 0 Å². The molecule has 0 heterocycles. The number of carbonyl (C=O) groups is 2. The summed E-state index contributed by atoms with van der Waals surface area (Å²) in [5.41, 5.74) is 4.15. The average Bonchev–Trinajstić information content (AvgIpc) is 2.33. The zero-order valence-corrected chi connectivity index (χ0v) is 15.9. The maximum absolute atomic E-state index is 12.0. The van der Waals surface area contributed by atoms with E-state index in [0.29, 0.717) is 13.1 Å². The minimum absolute atomic E-state index is 0.0792. The summed E-state index contributed by atoms with van der Waals surface area (Å²) in [6, 6.07) is 0. The highest BCUT2D eigenvalue weighted by atomic mass is 16.6. The topological polar surface area (TPSA) is 106 Å². The molecule has 0 saturated carbocycles. The number of rotatable bonds is 4. The molecule has 0 aliphatic heterocycles. The molecular weight excluding hydrogens is 312 g/mol. The number of aliphatic imine (C=N–C) groups is 1. The molecule has 8 nitrogen and oxygen atoms in total. The average molecular weight is 344 g/mol. The first-order chi connectivity index (χ1) is 10.8. The van der Waals surface area contributed by atoms with Crippen LogP contribution in [0.4, 0.5) is 9.59 Å². The van der Waals surface area contributed by atoms with Crippen molar-refractivity contribution < 1.29 is 19.1 Å². The largest absolute Gasteiger partial charge is 0.444 e. The summed E-state index contributed by atoms with van der Waals surface area (Å²) < 4.78 is 10.4. The minimum atomic E-state index is -0.778. The van der Waals surface area contributed by atoms with E-state index in [-0.39, 0.29) is 5.96 Å². The van der Waals surface area contributed by atoms with E-state index in [1.807, 2.05) is 0 Å². The molecule has 0 atom stereocenters. The summed E-state index contributed by atoms with van der Waals surface area (Å²) in [5.74, 6) is 0.0792. The van der Waals surface area contributed by atoms with Crippen LogP contribution in [0.1, 0.15) is 54.4 Å². The van der Waals surface area contributed by atoms with Crippen LogP contribution in [0.2, 0.25) is 0 Å². The highest BCUT2D eigenvalue weighted by Gasteiger charge is 2.21. The van der Waals surface area contributed by atoms with E-state index in [1.54, 1.807) is 53.5 Å². The molecule has 0 unspecified atom stereocenters. The van der Waals surface area contributed by atoms with Gasteiger partial charge in [-0.25, -0.2) is 9.59 Å². The Kier molecular flexibility index (Phi) is 8.74. The van der Waals surface area contributed by atoms with E-state index in [4.69, 9.17) is 15.2 Å². The first kappa shape index (κ1) is 22.2. The molecule has 3 N–H and O–H groups in total. The molecule has 140 valence electrons. The van der Waals surface area contributed by atoms with E-state index >= 15 is 0 Å². The Morgan fingerprint density at radius 2 is 1.58 bits per heavy atom. The fourth-order valence-electron chi connectivity index (χ4n) is 1.57. The number of alkyl carbamates (subject to hydrolysis) is 1. The molecule has 0 spiro atoms. The predicted octanol–water partition coefficient (Wildman–Crippen LogP) is 2.47. The lowest BCUT2D eigenvalue weighted by Gasteiger charge is -2.24. The van der Waals surface area contributed by atoms with Gasteiger partial charge in [0.05, 0.1) is 0 Å². The SMILES string of the molecule is CN(CCCCN)C(=NC(=O)OC(C)(C)C)NC(=O)OC(C)(C)C. The fourth-order valence-corrected chi connectivity index (χ4v) is 1.57. The van der Waals surface area contributed by atoms with Crippen molar-refractivity contribution in [1.82, 2.24) is 10.2 Å². The third-order valence-corrected chi connectivity index (χ3v) is 2.51. The number of hydrogen-bond donors (Lipinski definition) is 2. The van der Waals surface area contributed by atoms with Crippen molar-refractivity contribution in [3.8, 4) is 0 Å². The molecule has 0 aliphatic rings. The highest BCUT2D eigenvalue weighted by molar-refractivity contribution is 5.98. The molecule has 0 aromatic carbocycles. The van der Waals surface area contributed by atoms with Crippen molar-refractivity contribution >= 4 is 18.1 Å². The van der Waals surface area contributed by atoms with E-state index in [1.165, 1.54) is 0 Å². The second-order valence-electron chi connectivity index (χ2n) is 7.46. The zero-order valence-electron chi connectivity index (χ0n) is 15.9. The monoisotopic (exact) mass is 344 g/mol. The van der Waals surface area contributed by atoms with Crippen molar-refractivity contribution in [2.75, 3.05) is 20.1 Å². The Bertz CT molecular complexity index is 450. The van der Waals surface area contributed by atoms with Crippen LogP contribution >= 0.6 is 0 Å². The van der Waals surface area contributed by atoms with Gasteiger partial charge < -0.3 is 20.1 Å². The number of nitrogens with zero attached hydrogens (tertiary/aromatic N) is 2. The Morgan fingerprint density at radius 3 is 2.04 bits per heavy atom. The predicted molar refractivity (Wildman–Crippen MR) is 94.0 cm³/mol. The van der Waals surface area contributed by atoms with Gasteiger partial charge in [0.2, 0.25) is 5.96 Å². The summed E-state index contributed by atoms with van der Waals surface area (Å²) in [6.07, 6.45) is 0.169. The number of nitrogens with one attached hydrogen (secondary N) is 1. The second-order valence-corrected chi connectivity index (χ2v) is 7.46. The highest BCUT2D eigenvalue weighted by Crippen LogP contribution is 2.09. The van der Waals surface area contributed by atoms with Crippen LogP contribution in [-0.2, 0) is 9.47 Å². The van der Waals surface area contributed by atoms with Gasteiger partial charge in [-0.05, 0) is 60.9 Å². The maximum Gasteiger partial charge on any atom is 0.437 e. The van der Waals surface area contributed by atoms with E-state index in [0.717, 1.165) is 12.8 Å². The minimum Gasteiger partial charge on any atom is -0.444 e. The van der Waals surface area contributed by atoms with Crippen LogP contribution in [0.15, 0.2) is 4.99 Å². The van der Waals surface area contributed by atoms with Gasteiger partial charge in [0, 0.05) is 13.6 Å². The molecule has 2 amide bonds. The summed E-state index contributed by atoms with van der Waals surface area (Å²) in [7, 11) is 1.72. The molecule has 0 aromatic heterocycles. The van der Waals surface area contributed by atoms with Gasteiger partial charge in [-0.2, -0.15) is 0 Å². The number of unbranched alkanes of at least 4 members (excludes halogenated alkanes) is 1. The lowest BCUT2D eigenvalue weighted by atomic mass is 10.2. The van der Waals surface area contributed by atoms with Crippen LogP contribution in [0.25, 0.3) is 0 Å². The normalized spacial score (nSPS) is 12.6. The van der Waals surface area contributed by atoms with Crippen LogP contribution in [0, 0.1) is 0 Å². The molecule has 0 aliphatic carbocycles. The quantitative estimate of drug-likeness (QED) is 0.461. The van der Waals surface area contributed by atoms with Crippen LogP contribution in [-0.4, -0.2) is 54.4 Å². The van der Waals surface area contributed by atoms with Gasteiger partial charge in [0.25, 0.3) is 0 Å². The number of nitrogens with two attached hydrogens (primary N) is 1. The van der Waals surface area contributed by atoms with Gasteiger partial charge >= 0.3 is 12.2 Å². The van der Waals surface area contributed by atoms with E-state index in [2.05, 4.69) is 10.3 Å². The van der Waals surface area contributed by atoms with Crippen molar-refractivity contribution in [2.24, 2.45) is 10.7 Å². The number of carbonyl (C=O) groups excluding carboxylic acids is 2. The molecule has 0 saturated heterocycles. The van der Waals surface area contributed by atoms with Gasteiger partial charge in [-0.3, -0.25) is 5.32 Å². The van der Waals surface area contributed by atoms with E-state index in [9.17, 15) is 9.59 Å². The fraction of sp³-hybridized carbons (Fsp3) is 0.812. The molecular formula is C16H32N4O4. The maximum atomic E-state index is 12.0. The van der Waals surface area contributed by atoms with Crippen molar-refractivity contribution in [3.63, 3.8) is 0 Å². The first-order valence-corrected chi connectivity index (χ1v) is 8.07. The van der Waals surface area contributed by atoms with Gasteiger partial charge in [0.1, 0.15) is 11.2 Å². The van der Waals surface area contributed by atoms with Crippen molar-refractivity contribution in [1.29, 1.82) is 0 Å². The van der Waals surface area contributed by atoms with Crippen LogP contribution in [0.3, 0.4) is 0 Å². The Hall–Kier alpha value is -1.83. The van der Waals surface area contributed by atoms with Crippen molar-refractivity contribution in [2.45, 2.75) is 65.6 Å². The van der Waals surface area contributed by atoms with Gasteiger partial charge in [-0.1, -0.05) is 0 Å². The second kappa shape index (κ2) is 9.46. The summed E-state index contributed by atoms with van der Waals surface area (Å²) >= 11 is 0. The molecule has 0 aromatic rings. The summed E-state index contributed by atoms with van der Waals surface area (Å²) in [6.45, 7) is 11.6. The Morgan fingerprint density at radius 1 is 1.04 bits per heavy atom. The third-order valence-electron chi connectivity index (χ3n) is 2.51. The zero-order chi connectivity index (χ0) is 19.0. The number of amides is 2. The van der Waals surface area contributed by atoms with Crippen LogP contribution in [0.5, 0.6) is 0 Å². The lowest BCUT2D eigenvalue weighted by molar-refractivity contribution is 0.0555. The third kappa shape index (κ3) is 11.7. The Labute approximate surface area is 144 Å². The van der Waals surface area contributed by atoms with Crippen LogP contribution < -0.4 is 11.1 Å².